The highest BCUT2D eigenvalue weighted by molar-refractivity contribution is 6.13. The lowest BCUT2D eigenvalue weighted by atomic mass is 9.82. The van der Waals surface area contributed by atoms with Crippen LogP contribution in [0.2, 0.25) is 0 Å². The van der Waals surface area contributed by atoms with Crippen LogP contribution in [0.5, 0.6) is 0 Å². The number of hydrogen-bond donors (Lipinski definition) is 0. The van der Waals surface area contributed by atoms with Gasteiger partial charge in [0.25, 0.3) is 0 Å². The number of furan rings is 1. The topological polar surface area (TPSA) is 29.5 Å². The van der Waals surface area contributed by atoms with Gasteiger partial charge in [0.15, 0.2) is 0 Å². The first-order chi connectivity index (χ1) is 63.2. The first-order valence-corrected chi connectivity index (χ1v) is 44.1. The van der Waals surface area contributed by atoms with E-state index in [4.69, 9.17) is 4.42 Å². The minimum absolute atomic E-state index is 0.140. The van der Waals surface area contributed by atoms with E-state index in [1.54, 1.807) is 0 Å². The van der Waals surface area contributed by atoms with E-state index < -0.39 is 0 Å². The van der Waals surface area contributed by atoms with Crippen LogP contribution < -0.4 is 9.80 Å². The van der Waals surface area contributed by atoms with E-state index in [1.165, 1.54) is 133 Å². The molecule has 5 heteroatoms. The molecule has 0 unspecified atom stereocenters. The van der Waals surface area contributed by atoms with Crippen molar-refractivity contribution >= 4 is 99.7 Å². The Morgan fingerprint density at radius 1 is 0.188 bits per heavy atom. The molecule has 0 radical (unpaired) electrons. The first-order valence-electron chi connectivity index (χ1n) is 44.1. The molecule has 23 aromatic rings. The maximum Gasteiger partial charge on any atom is 0.135 e. The summed E-state index contributed by atoms with van der Waals surface area (Å²) in [5.74, 6) is 0. The molecule has 128 heavy (non-hydrogen) atoms. The Bertz CT molecular complexity index is 8100. The fourth-order valence-electron chi connectivity index (χ4n) is 19.8. The van der Waals surface area contributed by atoms with E-state index in [-0.39, 0.29) is 5.41 Å². The molecule has 0 saturated heterocycles. The molecule has 0 bridgehead atoms. The van der Waals surface area contributed by atoms with Crippen molar-refractivity contribution in [3.63, 3.8) is 0 Å². The first kappa shape index (κ1) is 76.3. The number of benzene rings is 20. The predicted molar refractivity (Wildman–Crippen MR) is 539 cm³/mol. The maximum atomic E-state index is 6.26. The fraction of sp³-hybridized carbons (Fsp3) is 0.0244. The van der Waals surface area contributed by atoms with Crippen LogP contribution in [-0.2, 0) is 5.41 Å². The van der Waals surface area contributed by atoms with Gasteiger partial charge in [0.05, 0.1) is 27.8 Å². The van der Waals surface area contributed by atoms with Gasteiger partial charge in [-0.15, -0.1) is 0 Å². The summed E-state index contributed by atoms with van der Waals surface area (Å²) in [4.78, 5) is 4.80. The van der Waals surface area contributed by atoms with Gasteiger partial charge in [-0.05, 0) is 245 Å². The standard InChI is InChI=1S/C63H46N2.C60H40N2O/c1-63(2)58-28-16-14-26-53(58)54-38-36-50(42-59(54)63)64(49-34-30-44(31-35-49)43-18-6-3-7-19-43)61-39-33-46(40-57(61)45-20-8-4-9-21-45)51-24-12-13-25-52(51)47-32-37-56-55-27-15-17-29-60(55)65(62(56)41-47)48-22-10-5-11-23-48;1-4-14-41(15-5-1)43-24-30-48(31-25-43)61(50-34-37-60-56(40-50)54-21-11-13-23-59(54)63-60)49-32-26-44(27-33-49)51-35-28-45(42-16-6-2-7-17-42)38-55(51)46-29-36-53-52-20-10-12-22-57(52)62(58(53)39-46)47-18-8-3-9-19-47/h3-42H,1-2H3;1-40H. The van der Waals surface area contributed by atoms with Crippen LogP contribution in [0.3, 0.4) is 0 Å². The van der Waals surface area contributed by atoms with Crippen molar-refractivity contribution in [1.82, 2.24) is 9.13 Å². The molecule has 20 aromatic carbocycles. The van der Waals surface area contributed by atoms with Gasteiger partial charge in [0, 0.05) is 83.1 Å². The lowest BCUT2D eigenvalue weighted by Crippen LogP contribution is -2.17. The van der Waals surface area contributed by atoms with Crippen LogP contribution in [-0.4, -0.2) is 9.13 Å². The zero-order valence-electron chi connectivity index (χ0n) is 70.9. The van der Waals surface area contributed by atoms with Gasteiger partial charge in [0.2, 0.25) is 0 Å². The molecule has 1 aliphatic carbocycles. The minimum Gasteiger partial charge on any atom is -0.456 e. The van der Waals surface area contributed by atoms with Crippen molar-refractivity contribution in [2.75, 3.05) is 9.80 Å². The van der Waals surface area contributed by atoms with Crippen LogP contribution in [0, 0.1) is 0 Å². The van der Waals surface area contributed by atoms with E-state index >= 15 is 0 Å². The van der Waals surface area contributed by atoms with Gasteiger partial charge in [-0.1, -0.05) is 360 Å². The molecule has 24 rings (SSSR count). The zero-order chi connectivity index (χ0) is 85.2. The molecule has 3 heterocycles. The Morgan fingerprint density at radius 3 is 1.09 bits per heavy atom. The number of rotatable bonds is 16. The number of nitrogens with zero attached hydrogens (tertiary/aromatic N) is 4. The molecule has 5 nitrogen and oxygen atoms in total. The van der Waals surface area contributed by atoms with Gasteiger partial charge >= 0.3 is 0 Å². The van der Waals surface area contributed by atoms with Crippen LogP contribution in [0.1, 0.15) is 25.0 Å². The Morgan fingerprint density at radius 2 is 0.531 bits per heavy atom. The summed E-state index contributed by atoms with van der Waals surface area (Å²) in [6, 6.07) is 176. The molecule has 604 valence electrons. The van der Waals surface area contributed by atoms with Gasteiger partial charge in [0.1, 0.15) is 11.2 Å². The lowest BCUT2D eigenvalue weighted by Gasteiger charge is -2.30. The van der Waals surface area contributed by atoms with Crippen LogP contribution in [0.25, 0.3) is 177 Å². The van der Waals surface area contributed by atoms with Crippen molar-refractivity contribution in [2.24, 2.45) is 0 Å². The van der Waals surface area contributed by atoms with E-state index in [2.05, 4.69) is 506 Å². The van der Waals surface area contributed by atoms with Crippen molar-refractivity contribution in [3.8, 4) is 112 Å². The summed E-state index contributed by atoms with van der Waals surface area (Å²) in [6.07, 6.45) is 0. The molecule has 3 aromatic heterocycles. The molecule has 1 aliphatic rings. The van der Waals surface area contributed by atoms with E-state index in [0.29, 0.717) is 0 Å². The molecule has 0 amide bonds. The Balaban J connectivity index is 0.000000147. The largest absolute Gasteiger partial charge is 0.456 e. The molecule has 0 N–H and O–H groups in total. The minimum atomic E-state index is -0.140. The average molecular weight is 1640 g/mol. The van der Waals surface area contributed by atoms with Crippen LogP contribution >= 0.6 is 0 Å². The highest BCUT2D eigenvalue weighted by Gasteiger charge is 2.36. The number of hydrogen-bond acceptors (Lipinski definition) is 3. The average Bonchev–Trinajstić information content (AvgIpc) is 1.62. The normalized spacial score (nSPS) is 12.0. The monoisotopic (exact) mass is 1630 g/mol. The van der Waals surface area contributed by atoms with Crippen molar-refractivity contribution in [1.29, 1.82) is 0 Å². The summed E-state index contributed by atoms with van der Waals surface area (Å²) in [5, 5.41) is 7.19. The maximum absolute atomic E-state index is 6.26. The highest BCUT2D eigenvalue weighted by Crippen LogP contribution is 2.53. The summed E-state index contributed by atoms with van der Waals surface area (Å²) >= 11 is 0. The second-order valence-corrected chi connectivity index (χ2v) is 33.8. The van der Waals surface area contributed by atoms with Crippen LogP contribution in [0.4, 0.5) is 34.1 Å². The smallest absolute Gasteiger partial charge is 0.135 e. The number of aromatic nitrogens is 2. The van der Waals surface area contributed by atoms with E-state index in [0.717, 1.165) is 89.7 Å². The quantitative estimate of drug-likeness (QED) is 0.0966. The third kappa shape index (κ3) is 13.7. The SMILES string of the molecule is CC1(C)c2ccccc2-c2ccc(N(c3ccc(-c4ccccc4)cc3)c3ccc(-c4ccccc4-c4ccc5c6ccccc6n(-c6ccccc6)c5c4)cc3-c3ccccc3)cc21.c1ccc(-c2ccc(N(c3ccc(-c4ccc(-c5ccccc5)cc4-c4ccc5c6ccccc6n(-c6ccccc6)c5c4)cc3)c3ccc4oc5ccccc5c4c3)cc2)cc1. The van der Waals surface area contributed by atoms with Gasteiger partial charge < -0.3 is 23.4 Å². The third-order valence-electron chi connectivity index (χ3n) is 26.0. The van der Waals surface area contributed by atoms with Crippen molar-refractivity contribution < 1.29 is 4.42 Å². The molecule has 0 atom stereocenters. The number of fused-ring (bicyclic) bond motifs is 12. The second-order valence-electron chi connectivity index (χ2n) is 33.8. The Hall–Kier alpha value is -16.6. The zero-order valence-corrected chi connectivity index (χ0v) is 70.9. The number of anilines is 6. The van der Waals surface area contributed by atoms with Crippen molar-refractivity contribution in [3.05, 3.63) is 496 Å². The molecule has 0 fully saturated rings. The molecule has 0 aliphatic heterocycles. The Kier molecular flexibility index (Phi) is 19.2. The molecular weight excluding hydrogens is 1550 g/mol. The fourth-order valence-corrected chi connectivity index (χ4v) is 19.8. The van der Waals surface area contributed by atoms with Gasteiger partial charge in [-0.3, -0.25) is 0 Å². The highest BCUT2D eigenvalue weighted by atomic mass is 16.3. The predicted octanol–water partition coefficient (Wildman–Crippen LogP) is 34.0. The molecule has 0 spiro atoms. The number of para-hydroxylation sites is 5. The Labute approximate surface area is 745 Å². The summed E-state index contributed by atoms with van der Waals surface area (Å²) in [7, 11) is 0. The summed E-state index contributed by atoms with van der Waals surface area (Å²) < 4.78 is 11.1. The van der Waals surface area contributed by atoms with Gasteiger partial charge in [-0.2, -0.15) is 0 Å². The lowest BCUT2D eigenvalue weighted by molar-refractivity contribution is 0.660. The van der Waals surface area contributed by atoms with Crippen LogP contribution in [0.15, 0.2) is 490 Å². The molecule has 0 saturated carbocycles. The molecular formula is C123H86N4O. The second kappa shape index (κ2) is 32.3. The van der Waals surface area contributed by atoms with E-state index in [1.807, 2.05) is 12.1 Å². The third-order valence-corrected chi connectivity index (χ3v) is 26.0. The van der Waals surface area contributed by atoms with Gasteiger partial charge in [-0.25, -0.2) is 0 Å². The summed E-state index contributed by atoms with van der Waals surface area (Å²) in [5.41, 5.74) is 39.5. The van der Waals surface area contributed by atoms with E-state index in [9.17, 15) is 0 Å². The van der Waals surface area contributed by atoms with Crippen molar-refractivity contribution in [2.45, 2.75) is 19.3 Å². The summed E-state index contributed by atoms with van der Waals surface area (Å²) in [6.45, 7) is 4.72.